The largest absolute Gasteiger partial charge is 0.493 e. The van der Waals surface area contributed by atoms with Crippen molar-refractivity contribution in [2.75, 3.05) is 14.2 Å². The molecule has 0 radical (unpaired) electrons. The summed E-state index contributed by atoms with van der Waals surface area (Å²) in [5.41, 5.74) is 0.928. The monoisotopic (exact) mass is 346 g/mol. The summed E-state index contributed by atoms with van der Waals surface area (Å²) in [6.45, 7) is 0. The van der Waals surface area contributed by atoms with Gasteiger partial charge in [0.05, 0.1) is 19.2 Å². The van der Waals surface area contributed by atoms with Crippen LogP contribution in [0.25, 0.3) is 0 Å². The molecule has 3 nitrogen and oxygen atoms in total. The molecule has 2 aromatic carbocycles. The molecule has 0 spiro atoms. The van der Waals surface area contributed by atoms with E-state index in [0.29, 0.717) is 32.7 Å². The number of rotatable bonds is 4. The van der Waals surface area contributed by atoms with Gasteiger partial charge in [-0.15, -0.1) is 0 Å². The Hall–Kier alpha value is -1.13. The van der Waals surface area contributed by atoms with Crippen LogP contribution in [0.3, 0.4) is 0 Å². The Morgan fingerprint density at radius 2 is 1.67 bits per heavy atom. The maximum absolute atomic E-state index is 10.5. The van der Waals surface area contributed by atoms with Crippen molar-refractivity contribution in [1.29, 1.82) is 0 Å². The van der Waals surface area contributed by atoms with Crippen LogP contribution in [0.15, 0.2) is 30.3 Å². The molecule has 0 saturated carbocycles. The molecule has 0 amide bonds. The van der Waals surface area contributed by atoms with Crippen LogP contribution in [0.2, 0.25) is 15.1 Å². The van der Waals surface area contributed by atoms with Crippen molar-refractivity contribution in [1.82, 2.24) is 0 Å². The number of ether oxygens (including phenoxy) is 2. The summed E-state index contributed by atoms with van der Waals surface area (Å²) >= 11 is 18.3. The Morgan fingerprint density at radius 1 is 0.952 bits per heavy atom. The van der Waals surface area contributed by atoms with E-state index in [2.05, 4.69) is 0 Å². The van der Waals surface area contributed by atoms with Gasteiger partial charge in [-0.1, -0.05) is 40.9 Å². The number of methoxy groups -OCH3 is 2. The first kappa shape index (κ1) is 16.2. The van der Waals surface area contributed by atoms with Gasteiger partial charge in [0.2, 0.25) is 0 Å². The number of halogens is 3. The lowest BCUT2D eigenvalue weighted by atomic mass is 10.0. The number of hydrogen-bond acceptors (Lipinski definition) is 3. The number of benzene rings is 2. The van der Waals surface area contributed by atoms with Crippen molar-refractivity contribution in [3.05, 3.63) is 56.5 Å². The van der Waals surface area contributed by atoms with Gasteiger partial charge in [-0.25, -0.2) is 0 Å². The highest BCUT2D eigenvalue weighted by Gasteiger charge is 2.21. The van der Waals surface area contributed by atoms with Crippen molar-refractivity contribution in [2.45, 2.75) is 6.10 Å². The lowest BCUT2D eigenvalue weighted by Crippen LogP contribution is -2.03. The van der Waals surface area contributed by atoms with Crippen molar-refractivity contribution in [3.63, 3.8) is 0 Å². The van der Waals surface area contributed by atoms with Gasteiger partial charge in [-0.05, 0) is 24.3 Å². The third kappa shape index (κ3) is 3.22. The molecule has 0 saturated heterocycles. The normalized spacial score (nSPS) is 12.1. The number of hydrogen-bond donors (Lipinski definition) is 1. The SMILES string of the molecule is COc1ccc(C(O)c2cc(Cl)ccc2Cl)c(Cl)c1OC. The second-order valence-corrected chi connectivity index (χ2v) is 5.49. The summed E-state index contributed by atoms with van der Waals surface area (Å²) in [6.07, 6.45) is -1.02. The van der Waals surface area contributed by atoms with E-state index in [4.69, 9.17) is 44.3 Å². The third-order valence-electron chi connectivity index (χ3n) is 3.06. The lowest BCUT2D eigenvalue weighted by Gasteiger charge is -2.18. The summed E-state index contributed by atoms with van der Waals surface area (Å²) < 4.78 is 10.4. The maximum Gasteiger partial charge on any atom is 0.179 e. The van der Waals surface area contributed by atoms with Gasteiger partial charge in [-0.3, -0.25) is 0 Å². The molecule has 0 aliphatic heterocycles. The minimum absolute atomic E-state index is 0.264. The fourth-order valence-electron chi connectivity index (χ4n) is 2.01. The van der Waals surface area contributed by atoms with E-state index < -0.39 is 6.10 Å². The van der Waals surface area contributed by atoms with Gasteiger partial charge >= 0.3 is 0 Å². The number of aliphatic hydroxyl groups excluding tert-OH is 1. The zero-order valence-electron chi connectivity index (χ0n) is 11.4. The van der Waals surface area contributed by atoms with Gasteiger partial charge in [0.25, 0.3) is 0 Å². The van der Waals surface area contributed by atoms with Gasteiger partial charge in [0, 0.05) is 21.2 Å². The second-order valence-electron chi connectivity index (χ2n) is 4.27. The Labute approximate surface area is 138 Å². The number of aliphatic hydroxyl groups is 1. The van der Waals surface area contributed by atoms with Gasteiger partial charge in [0.1, 0.15) is 6.10 Å². The predicted octanol–water partition coefficient (Wildman–Crippen LogP) is 4.75. The average molecular weight is 348 g/mol. The van der Waals surface area contributed by atoms with E-state index >= 15 is 0 Å². The molecule has 2 rings (SSSR count). The molecule has 1 N–H and O–H groups in total. The molecule has 21 heavy (non-hydrogen) atoms. The fourth-order valence-corrected chi connectivity index (χ4v) is 2.75. The van der Waals surface area contributed by atoms with Crippen molar-refractivity contribution < 1.29 is 14.6 Å². The third-order valence-corrected chi connectivity index (χ3v) is 4.03. The lowest BCUT2D eigenvalue weighted by molar-refractivity contribution is 0.219. The summed E-state index contributed by atoms with van der Waals surface area (Å²) in [5.74, 6) is 0.838. The summed E-state index contributed by atoms with van der Waals surface area (Å²) in [6, 6.07) is 8.20. The molecule has 112 valence electrons. The fraction of sp³-hybridized carbons (Fsp3) is 0.200. The molecular formula is C15H13Cl3O3. The Balaban J connectivity index is 2.53. The first-order chi connectivity index (χ1) is 9.99. The zero-order chi connectivity index (χ0) is 15.6. The summed E-state index contributed by atoms with van der Waals surface area (Å²) in [4.78, 5) is 0. The minimum atomic E-state index is -1.02. The van der Waals surface area contributed by atoms with Crippen LogP contribution in [0, 0.1) is 0 Å². The van der Waals surface area contributed by atoms with E-state index in [1.54, 1.807) is 30.3 Å². The highest BCUT2D eigenvalue weighted by molar-refractivity contribution is 6.34. The Kier molecular flexibility index (Phi) is 5.22. The van der Waals surface area contributed by atoms with Crippen LogP contribution < -0.4 is 9.47 Å². The van der Waals surface area contributed by atoms with Crippen LogP contribution in [-0.2, 0) is 0 Å². The quantitative estimate of drug-likeness (QED) is 0.867. The summed E-state index contributed by atoms with van der Waals surface area (Å²) in [5, 5.41) is 11.7. The molecule has 0 aliphatic carbocycles. The van der Waals surface area contributed by atoms with Crippen LogP contribution in [0.4, 0.5) is 0 Å². The molecule has 6 heteroatoms. The molecule has 0 aliphatic rings. The molecule has 1 atom stereocenters. The Bertz CT molecular complexity index is 659. The smallest absolute Gasteiger partial charge is 0.179 e. The molecular weight excluding hydrogens is 335 g/mol. The topological polar surface area (TPSA) is 38.7 Å². The van der Waals surface area contributed by atoms with E-state index in [1.807, 2.05) is 0 Å². The van der Waals surface area contributed by atoms with E-state index in [1.165, 1.54) is 14.2 Å². The van der Waals surface area contributed by atoms with E-state index in [-0.39, 0.29) is 5.02 Å². The van der Waals surface area contributed by atoms with Crippen molar-refractivity contribution >= 4 is 34.8 Å². The zero-order valence-corrected chi connectivity index (χ0v) is 13.6. The van der Waals surface area contributed by atoms with Crippen LogP contribution in [0.5, 0.6) is 11.5 Å². The molecule has 0 aromatic heterocycles. The van der Waals surface area contributed by atoms with Gasteiger partial charge in [-0.2, -0.15) is 0 Å². The van der Waals surface area contributed by atoms with Crippen molar-refractivity contribution in [2.24, 2.45) is 0 Å². The second kappa shape index (κ2) is 6.75. The first-order valence-corrected chi connectivity index (χ1v) is 7.16. The van der Waals surface area contributed by atoms with Crippen molar-refractivity contribution in [3.8, 4) is 11.5 Å². The molecule has 0 fully saturated rings. The van der Waals surface area contributed by atoms with Gasteiger partial charge in [0.15, 0.2) is 11.5 Å². The maximum atomic E-state index is 10.5. The van der Waals surface area contributed by atoms with Crippen LogP contribution in [-0.4, -0.2) is 19.3 Å². The summed E-state index contributed by atoms with van der Waals surface area (Å²) in [7, 11) is 2.99. The Morgan fingerprint density at radius 3 is 2.29 bits per heavy atom. The van der Waals surface area contributed by atoms with Crippen LogP contribution in [0.1, 0.15) is 17.2 Å². The molecule has 0 bridgehead atoms. The predicted molar refractivity (Wildman–Crippen MR) is 85.1 cm³/mol. The first-order valence-electron chi connectivity index (χ1n) is 6.03. The van der Waals surface area contributed by atoms with Crippen LogP contribution >= 0.6 is 34.8 Å². The highest BCUT2D eigenvalue weighted by Crippen LogP contribution is 2.42. The van der Waals surface area contributed by atoms with E-state index in [0.717, 1.165) is 0 Å². The molecule has 1 unspecified atom stereocenters. The molecule has 2 aromatic rings. The highest BCUT2D eigenvalue weighted by atomic mass is 35.5. The van der Waals surface area contributed by atoms with Gasteiger partial charge < -0.3 is 14.6 Å². The standard InChI is InChI=1S/C15H13Cl3O3/c1-20-12-6-4-9(13(18)15(12)21-2)14(19)10-7-8(16)3-5-11(10)17/h3-7,14,19H,1-2H3. The molecule has 0 heterocycles. The minimum Gasteiger partial charge on any atom is -0.493 e. The van der Waals surface area contributed by atoms with E-state index in [9.17, 15) is 5.11 Å². The average Bonchev–Trinajstić information content (AvgIpc) is 2.48.